The molecule has 0 heterocycles. The van der Waals surface area contributed by atoms with Crippen LogP contribution in [0.3, 0.4) is 0 Å². The number of hydrogen-bond donors (Lipinski definition) is 0. The van der Waals surface area contributed by atoms with Crippen molar-refractivity contribution in [3.63, 3.8) is 0 Å². The number of benzene rings is 1. The third-order valence-electron chi connectivity index (χ3n) is 2.05. The number of carbonyl (C=O) groups is 1. The third kappa shape index (κ3) is 2.64. The lowest BCUT2D eigenvalue weighted by Gasteiger charge is -2.27. The van der Waals surface area contributed by atoms with Gasteiger partial charge in [-0.1, -0.05) is 30.3 Å². The Kier molecular flexibility index (Phi) is 4.46. The molecule has 0 unspecified atom stereocenters. The number of hydrogen-bond acceptors (Lipinski definition) is 3. The lowest BCUT2D eigenvalue weighted by atomic mass is 10.1. The Hall–Kier alpha value is -1.19. The van der Waals surface area contributed by atoms with E-state index in [0.29, 0.717) is 19.5 Å². The molecule has 3 nitrogen and oxygen atoms in total. The van der Waals surface area contributed by atoms with Gasteiger partial charge in [-0.15, -0.1) is 0 Å². The first kappa shape index (κ1) is 11.9. The lowest BCUT2D eigenvalue weighted by molar-refractivity contribution is -0.222. The molecule has 0 radical (unpaired) electrons. The number of rotatable bonds is 6. The van der Waals surface area contributed by atoms with Crippen LogP contribution in [0.4, 0.5) is 0 Å². The van der Waals surface area contributed by atoms with Gasteiger partial charge in [-0.05, 0) is 13.8 Å². The fourth-order valence-corrected chi connectivity index (χ4v) is 1.44. The van der Waals surface area contributed by atoms with Crippen LogP contribution in [0.25, 0.3) is 0 Å². The Bertz CT molecular complexity index is 289. The molecule has 0 aromatic heterocycles. The van der Waals surface area contributed by atoms with Crippen molar-refractivity contribution in [3.8, 4) is 0 Å². The van der Waals surface area contributed by atoms with E-state index in [1.807, 2.05) is 44.2 Å². The highest BCUT2D eigenvalue weighted by Gasteiger charge is 2.33. The van der Waals surface area contributed by atoms with Gasteiger partial charge in [-0.2, -0.15) is 0 Å². The molecule has 0 saturated carbocycles. The summed E-state index contributed by atoms with van der Waals surface area (Å²) in [5.74, 6) is -1.25. The van der Waals surface area contributed by atoms with Crippen molar-refractivity contribution in [1.82, 2.24) is 0 Å². The molecule has 0 aliphatic heterocycles. The second-order valence-electron chi connectivity index (χ2n) is 3.02. The van der Waals surface area contributed by atoms with Crippen LogP contribution in [0.5, 0.6) is 0 Å². The molecule has 15 heavy (non-hydrogen) atoms. The molecule has 82 valence electrons. The first-order valence-electron chi connectivity index (χ1n) is 5.08. The summed E-state index contributed by atoms with van der Waals surface area (Å²) in [5.41, 5.74) is 0.726. The summed E-state index contributed by atoms with van der Waals surface area (Å²) in [6.45, 7) is 4.52. The molecule has 0 aliphatic carbocycles. The summed E-state index contributed by atoms with van der Waals surface area (Å²) in [5, 5.41) is 0. The maximum Gasteiger partial charge on any atom is 0.253 e. The van der Waals surface area contributed by atoms with Gasteiger partial charge in [0, 0.05) is 18.8 Å². The van der Waals surface area contributed by atoms with Crippen LogP contribution in [0, 0.1) is 0 Å². The van der Waals surface area contributed by atoms with E-state index in [0.717, 1.165) is 5.56 Å². The van der Waals surface area contributed by atoms with E-state index in [2.05, 4.69) is 0 Å². The monoisotopic (exact) mass is 208 g/mol. The molecule has 0 bridgehead atoms. The van der Waals surface area contributed by atoms with Crippen LogP contribution < -0.4 is 0 Å². The Labute approximate surface area is 90.0 Å². The van der Waals surface area contributed by atoms with Gasteiger partial charge in [-0.25, -0.2) is 0 Å². The van der Waals surface area contributed by atoms with Crippen molar-refractivity contribution in [3.05, 3.63) is 35.9 Å². The van der Waals surface area contributed by atoms with Crippen molar-refractivity contribution >= 4 is 6.29 Å². The predicted octanol–water partition coefficient (Wildman–Crippen LogP) is 2.11. The zero-order chi connectivity index (χ0) is 11.1. The fourth-order valence-electron chi connectivity index (χ4n) is 1.44. The molecule has 1 aromatic rings. The van der Waals surface area contributed by atoms with Crippen LogP contribution >= 0.6 is 0 Å². The highest BCUT2D eigenvalue weighted by molar-refractivity contribution is 5.63. The molecule has 0 aliphatic rings. The Balaban J connectivity index is 3.03. The van der Waals surface area contributed by atoms with E-state index in [-0.39, 0.29) is 0 Å². The van der Waals surface area contributed by atoms with Gasteiger partial charge >= 0.3 is 0 Å². The number of ether oxygens (including phenoxy) is 2. The predicted molar refractivity (Wildman–Crippen MR) is 57.4 cm³/mol. The maximum atomic E-state index is 11.2. The molecule has 1 rings (SSSR count). The summed E-state index contributed by atoms with van der Waals surface area (Å²) >= 11 is 0. The van der Waals surface area contributed by atoms with Gasteiger partial charge in [0.2, 0.25) is 0 Å². The average Bonchev–Trinajstić information content (AvgIpc) is 2.30. The van der Waals surface area contributed by atoms with Crippen molar-refractivity contribution in [1.29, 1.82) is 0 Å². The molecule has 0 saturated heterocycles. The lowest BCUT2D eigenvalue weighted by Crippen LogP contribution is -2.35. The van der Waals surface area contributed by atoms with Crippen LogP contribution in [0.15, 0.2) is 30.3 Å². The van der Waals surface area contributed by atoms with Gasteiger partial charge in [-0.3, -0.25) is 4.79 Å². The van der Waals surface area contributed by atoms with Crippen LogP contribution in [-0.4, -0.2) is 19.5 Å². The second-order valence-corrected chi connectivity index (χ2v) is 3.02. The second kappa shape index (κ2) is 5.63. The van der Waals surface area contributed by atoms with Gasteiger partial charge in [0.05, 0.1) is 0 Å². The minimum absolute atomic E-state index is 0.424. The van der Waals surface area contributed by atoms with Gasteiger partial charge < -0.3 is 9.47 Å². The van der Waals surface area contributed by atoms with Gasteiger partial charge in [0.25, 0.3) is 5.79 Å². The summed E-state index contributed by atoms with van der Waals surface area (Å²) in [6, 6.07) is 9.23. The minimum Gasteiger partial charge on any atom is -0.340 e. The zero-order valence-corrected chi connectivity index (χ0v) is 9.10. The quantitative estimate of drug-likeness (QED) is 0.530. The summed E-state index contributed by atoms with van der Waals surface area (Å²) in [7, 11) is 0. The molecular formula is C12H16O3. The number of aldehydes is 1. The number of carbonyl (C=O) groups excluding carboxylic acids is 1. The normalized spacial score (nSPS) is 11.3. The third-order valence-corrected chi connectivity index (χ3v) is 2.05. The molecule has 0 spiro atoms. The first-order chi connectivity index (χ1) is 7.29. The van der Waals surface area contributed by atoms with E-state index in [1.54, 1.807) is 0 Å². The van der Waals surface area contributed by atoms with Crippen molar-refractivity contribution < 1.29 is 14.3 Å². The van der Waals surface area contributed by atoms with E-state index < -0.39 is 5.79 Å². The SMILES string of the molecule is CCOC(C=O)(OCC)c1ccccc1. The summed E-state index contributed by atoms with van der Waals surface area (Å²) < 4.78 is 10.8. The van der Waals surface area contributed by atoms with Crippen molar-refractivity contribution in [2.24, 2.45) is 0 Å². The average molecular weight is 208 g/mol. The molecule has 0 atom stereocenters. The highest BCUT2D eigenvalue weighted by atomic mass is 16.7. The topological polar surface area (TPSA) is 35.5 Å². The zero-order valence-electron chi connectivity index (χ0n) is 9.10. The smallest absolute Gasteiger partial charge is 0.253 e. The van der Waals surface area contributed by atoms with Crippen LogP contribution in [0.2, 0.25) is 0 Å². The molecule has 0 fully saturated rings. The van der Waals surface area contributed by atoms with Crippen LogP contribution in [-0.2, 0) is 20.1 Å². The van der Waals surface area contributed by atoms with Crippen molar-refractivity contribution in [2.75, 3.05) is 13.2 Å². The molecular weight excluding hydrogens is 192 g/mol. The summed E-state index contributed by atoms with van der Waals surface area (Å²) in [6.07, 6.45) is 0.704. The largest absolute Gasteiger partial charge is 0.340 e. The highest BCUT2D eigenvalue weighted by Crippen LogP contribution is 2.24. The van der Waals surface area contributed by atoms with Crippen LogP contribution in [0.1, 0.15) is 19.4 Å². The Morgan fingerprint density at radius 1 is 1.13 bits per heavy atom. The first-order valence-corrected chi connectivity index (χ1v) is 5.08. The molecule has 3 heteroatoms. The van der Waals surface area contributed by atoms with E-state index in [4.69, 9.17) is 9.47 Å². The van der Waals surface area contributed by atoms with Gasteiger partial charge in [0.1, 0.15) is 0 Å². The fraction of sp³-hybridized carbons (Fsp3) is 0.417. The van der Waals surface area contributed by atoms with E-state index >= 15 is 0 Å². The van der Waals surface area contributed by atoms with Crippen molar-refractivity contribution in [2.45, 2.75) is 19.6 Å². The maximum absolute atomic E-state index is 11.2. The molecule has 0 amide bonds. The van der Waals surface area contributed by atoms with Gasteiger partial charge in [0.15, 0.2) is 6.29 Å². The standard InChI is InChI=1S/C12H16O3/c1-3-14-12(10-13,15-4-2)11-8-6-5-7-9-11/h5-10H,3-4H2,1-2H3. The van der Waals surface area contributed by atoms with E-state index in [1.165, 1.54) is 0 Å². The molecule has 0 N–H and O–H groups in total. The minimum atomic E-state index is -1.25. The Morgan fingerprint density at radius 2 is 1.67 bits per heavy atom. The summed E-state index contributed by atoms with van der Waals surface area (Å²) in [4.78, 5) is 11.2. The Morgan fingerprint density at radius 3 is 2.07 bits per heavy atom. The van der Waals surface area contributed by atoms with E-state index in [9.17, 15) is 4.79 Å². The molecule has 1 aromatic carbocycles.